The second kappa shape index (κ2) is 4.01. The van der Waals surface area contributed by atoms with Crippen LogP contribution in [0.25, 0.3) is 0 Å². The van der Waals surface area contributed by atoms with Crippen LogP contribution in [0.15, 0.2) is 18.2 Å². The van der Waals surface area contributed by atoms with Gasteiger partial charge in [0.1, 0.15) is 6.07 Å². The summed E-state index contributed by atoms with van der Waals surface area (Å²) in [6.45, 7) is 0. The van der Waals surface area contributed by atoms with E-state index in [-0.39, 0.29) is 0 Å². The molecule has 0 saturated heterocycles. The number of benzene rings is 1. The molecule has 0 atom stereocenters. The molecule has 0 radical (unpaired) electrons. The summed E-state index contributed by atoms with van der Waals surface area (Å²) in [7, 11) is 7.85. The molecule has 74 valence electrons. The van der Waals surface area contributed by atoms with Crippen LogP contribution in [0.1, 0.15) is 5.56 Å². The van der Waals surface area contributed by atoms with Crippen LogP contribution in [0, 0.1) is 11.3 Å². The molecule has 3 heteroatoms. The number of hydrogen-bond donors (Lipinski definition) is 0. The van der Waals surface area contributed by atoms with Gasteiger partial charge in [-0.15, -0.1) is 0 Å². The number of nitrogens with zero attached hydrogens (tertiary/aromatic N) is 3. The number of hydrogen-bond acceptors (Lipinski definition) is 3. The van der Waals surface area contributed by atoms with Crippen molar-refractivity contribution >= 4 is 11.4 Å². The first-order chi connectivity index (χ1) is 6.57. The molecular formula is C11H15N3. The summed E-state index contributed by atoms with van der Waals surface area (Å²) in [6, 6.07) is 7.95. The van der Waals surface area contributed by atoms with Crippen molar-refractivity contribution in [1.82, 2.24) is 0 Å². The average Bonchev–Trinajstić information content (AvgIpc) is 2.16. The van der Waals surface area contributed by atoms with Crippen molar-refractivity contribution in [1.29, 1.82) is 5.26 Å². The Hall–Kier alpha value is -1.69. The standard InChI is InChI=1S/C11H15N3/c1-13(2)10-7-5-6-9(8-12)11(10)14(3)4/h5-7H,1-4H3. The smallest absolute Gasteiger partial charge is 0.101 e. The Morgan fingerprint density at radius 3 is 2.14 bits per heavy atom. The second-order valence-electron chi connectivity index (χ2n) is 3.57. The van der Waals surface area contributed by atoms with Crippen molar-refractivity contribution < 1.29 is 0 Å². The molecule has 0 aliphatic rings. The Labute approximate surface area is 85.2 Å². The molecule has 1 aromatic carbocycles. The fraction of sp³-hybridized carbons (Fsp3) is 0.364. The van der Waals surface area contributed by atoms with E-state index in [1.807, 2.05) is 56.2 Å². The third-order valence-corrected chi connectivity index (χ3v) is 2.06. The lowest BCUT2D eigenvalue weighted by atomic mass is 10.1. The monoisotopic (exact) mass is 189 g/mol. The van der Waals surface area contributed by atoms with Gasteiger partial charge in [-0.1, -0.05) is 6.07 Å². The largest absolute Gasteiger partial charge is 0.376 e. The van der Waals surface area contributed by atoms with Gasteiger partial charge < -0.3 is 9.80 Å². The van der Waals surface area contributed by atoms with Crippen molar-refractivity contribution in [3.63, 3.8) is 0 Å². The Morgan fingerprint density at radius 2 is 1.71 bits per heavy atom. The summed E-state index contributed by atoms with van der Waals surface area (Å²) in [6.07, 6.45) is 0. The third-order valence-electron chi connectivity index (χ3n) is 2.06. The molecule has 0 spiro atoms. The molecule has 0 bridgehead atoms. The van der Waals surface area contributed by atoms with Crippen molar-refractivity contribution in [3.05, 3.63) is 23.8 Å². The first-order valence-corrected chi connectivity index (χ1v) is 4.45. The first-order valence-electron chi connectivity index (χ1n) is 4.45. The van der Waals surface area contributed by atoms with E-state index in [0.29, 0.717) is 5.56 Å². The summed E-state index contributed by atoms with van der Waals surface area (Å²) in [5.74, 6) is 0. The van der Waals surface area contributed by atoms with Gasteiger partial charge in [-0.05, 0) is 12.1 Å². The average molecular weight is 189 g/mol. The predicted octanol–water partition coefficient (Wildman–Crippen LogP) is 1.69. The minimum Gasteiger partial charge on any atom is -0.376 e. The molecule has 0 heterocycles. The molecule has 0 N–H and O–H groups in total. The highest BCUT2D eigenvalue weighted by molar-refractivity contribution is 5.76. The zero-order valence-corrected chi connectivity index (χ0v) is 9.07. The van der Waals surface area contributed by atoms with Crippen LogP contribution in [0.2, 0.25) is 0 Å². The second-order valence-corrected chi connectivity index (χ2v) is 3.57. The third kappa shape index (κ3) is 1.80. The lowest BCUT2D eigenvalue weighted by Crippen LogP contribution is -2.17. The number of para-hydroxylation sites is 1. The van der Waals surface area contributed by atoms with E-state index < -0.39 is 0 Å². The van der Waals surface area contributed by atoms with Crippen molar-refractivity contribution in [2.75, 3.05) is 38.0 Å². The Kier molecular flexibility index (Phi) is 2.98. The highest BCUT2D eigenvalue weighted by Gasteiger charge is 2.10. The van der Waals surface area contributed by atoms with Crippen molar-refractivity contribution in [3.8, 4) is 6.07 Å². The maximum atomic E-state index is 8.98. The topological polar surface area (TPSA) is 30.3 Å². The molecule has 0 aromatic heterocycles. The van der Waals surface area contributed by atoms with Crippen molar-refractivity contribution in [2.45, 2.75) is 0 Å². The summed E-state index contributed by atoms with van der Waals surface area (Å²) in [5, 5.41) is 8.98. The molecule has 3 nitrogen and oxygen atoms in total. The summed E-state index contributed by atoms with van der Waals surface area (Å²) >= 11 is 0. The molecule has 1 aromatic rings. The summed E-state index contributed by atoms with van der Waals surface area (Å²) in [5.41, 5.74) is 2.75. The fourth-order valence-electron chi connectivity index (χ4n) is 1.45. The molecule has 0 unspecified atom stereocenters. The van der Waals surface area contributed by atoms with E-state index in [1.54, 1.807) is 0 Å². The zero-order chi connectivity index (χ0) is 10.7. The highest BCUT2D eigenvalue weighted by Crippen LogP contribution is 2.29. The first kappa shape index (κ1) is 10.4. The van der Waals surface area contributed by atoms with E-state index >= 15 is 0 Å². The van der Waals surface area contributed by atoms with Gasteiger partial charge in [0.25, 0.3) is 0 Å². The van der Waals surface area contributed by atoms with E-state index in [4.69, 9.17) is 5.26 Å². The van der Waals surface area contributed by atoms with Crippen molar-refractivity contribution in [2.24, 2.45) is 0 Å². The molecule has 0 fully saturated rings. The van der Waals surface area contributed by atoms with Crippen LogP contribution in [0.3, 0.4) is 0 Å². The van der Waals surface area contributed by atoms with E-state index in [2.05, 4.69) is 6.07 Å². The van der Waals surface area contributed by atoms with E-state index in [9.17, 15) is 0 Å². The van der Waals surface area contributed by atoms with Gasteiger partial charge in [0.05, 0.1) is 16.9 Å². The van der Waals surface area contributed by atoms with Gasteiger partial charge in [0.2, 0.25) is 0 Å². The lowest BCUT2D eigenvalue weighted by molar-refractivity contribution is 1.07. The highest BCUT2D eigenvalue weighted by atomic mass is 15.1. The molecule has 0 aliphatic heterocycles. The molecule has 14 heavy (non-hydrogen) atoms. The number of nitriles is 1. The molecule has 0 amide bonds. The van der Waals surface area contributed by atoms with Gasteiger partial charge in [-0.25, -0.2) is 0 Å². The molecule has 0 saturated carbocycles. The minimum absolute atomic E-state index is 0.709. The maximum absolute atomic E-state index is 8.98. The summed E-state index contributed by atoms with van der Waals surface area (Å²) < 4.78 is 0. The Bertz CT molecular complexity index is 361. The van der Waals surface area contributed by atoms with Crippen LogP contribution in [0.4, 0.5) is 11.4 Å². The maximum Gasteiger partial charge on any atom is 0.101 e. The van der Waals surface area contributed by atoms with Crippen LogP contribution in [0.5, 0.6) is 0 Å². The minimum atomic E-state index is 0.709. The van der Waals surface area contributed by atoms with E-state index in [0.717, 1.165) is 11.4 Å². The summed E-state index contributed by atoms with van der Waals surface area (Å²) in [4.78, 5) is 3.98. The fourth-order valence-corrected chi connectivity index (χ4v) is 1.45. The normalized spacial score (nSPS) is 9.36. The van der Waals surface area contributed by atoms with Crippen LogP contribution in [-0.4, -0.2) is 28.2 Å². The van der Waals surface area contributed by atoms with Crippen LogP contribution >= 0.6 is 0 Å². The Morgan fingerprint density at radius 1 is 1.07 bits per heavy atom. The van der Waals surface area contributed by atoms with Crippen LogP contribution < -0.4 is 9.80 Å². The van der Waals surface area contributed by atoms with Gasteiger partial charge in [0.15, 0.2) is 0 Å². The number of anilines is 2. The van der Waals surface area contributed by atoms with Gasteiger partial charge in [-0.2, -0.15) is 5.26 Å². The zero-order valence-electron chi connectivity index (χ0n) is 9.07. The lowest BCUT2D eigenvalue weighted by Gasteiger charge is -2.23. The van der Waals surface area contributed by atoms with Gasteiger partial charge in [-0.3, -0.25) is 0 Å². The van der Waals surface area contributed by atoms with E-state index in [1.165, 1.54) is 0 Å². The Balaban J connectivity index is 3.38. The molecule has 1 rings (SSSR count). The molecule has 0 aliphatic carbocycles. The molecular weight excluding hydrogens is 174 g/mol. The van der Waals surface area contributed by atoms with Gasteiger partial charge >= 0.3 is 0 Å². The van der Waals surface area contributed by atoms with Crippen LogP contribution in [-0.2, 0) is 0 Å². The predicted molar refractivity (Wildman–Crippen MR) is 59.8 cm³/mol. The van der Waals surface area contributed by atoms with Gasteiger partial charge in [0, 0.05) is 28.2 Å². The SMILES string of the molecule is CN(C)c1cccc(C#N)c1N(C)C. The quantitative estimate of drug-likeness (QED) is 0.709. The number of rotatable bonds is 2.